The van der Waals surface area contributed by atoms with Crippen LogP contribution in [-0.2, 0) is 11.2 Å². The third kappa shape index (κ3) is 4.72. The fourth-order valence-electron chi connectivity index (χ4n) is 3.85. The van der Waals surface area contributed by atoms with Crippen LogP contribution < -0.4 is 0 Å². The Labute approximate surface area is 188 Å². The molecule has 162 valence electrons. The Bertz CT molecular complexity index is 1010. The van der Waals surface area contributed by atoms with Crippen molar-refractivity contribution in [1.29, 1.82) is 0 Å². The summed E-state index contributed by atoms with van der Waals surface area (Å²) in [4.78, 5) is 4.16. The van der Waals surface area contributed by atoms with Gasteiger partial charge in [0.2, 0.25) is 0 Å². The van der Waals surface area contributed by atoms with Crippen LogP contribution in [0.4, 0.5) is 0 Å². The number of hydrogen-bond acceptors (Lipinski definition) is 6. The van der Waals surface area contributed by atoms with Crippen LogP contribution in [0.2, 0.25) is 0 Å². The molecule has 4 rings (SSSR count). The molecule has 0 aliphatic carbocycles. The van der Waals surface area contributed by atoms with E-state index >= 15 is 0 Å². The van der Waals surface area contributed by atoms with Gasteiger partial charge in [-0.15, -0.1) is 0 Å². The number of pyridine rings is 1. The molecule has 2 heterocycles. The lowest BCUT2D eigenvalue weighted by Gasteiger charge is -2.40. The molecule has 2 aromatic carbocycles. The minimum Gasteiger partial charge on any atom is -0.394 e. The van der Waals surface area contributed by atoms with Gasteiger partial charge in [-0.2, -0.15) is 0 Å². The predicted molar refractivity (Wildman–Crippen MR) is 119 cm³/mol. The maximum atomic E-state index is 10.4. The molecule has 0 amide bonds. The van der Waals surface area contributed by atoms with Crippen molar-refractivity contribution in [3.63, 3.8) is 0 Å². The molecule has 4 N–H and O–H groups in total. The second-order valence-electron chi connectivity index (χ2n) is 7.72. The zero-order chi connectivity index (χ0) is 22.0. The highest BCUT2D eigenvalue weighted by Gasteiger charge is 2.43. The molecule has 6 nitrogen and oxygen atoms in total. The van der Waals surface area contributed by atoms with E-state index in [1.165, 1.54) is 0 Å². The Balaban J connectivity index is 1.56. The number of halogens is 1. The summed E-state index contributed by atoms with van der Waals surface area (Å²) < 4.78 is 6.61. The van der Waals surface area contributed by atoms with Crippen LogP contribution in [-0.4, -0.2) is 56.4 Å². The lowest BCUT2D eigenvalue weighted by atomic mass is 9.90. The summed E-state index contributed by atoms with van der Waals surface area (Å²) in [6.07, 6.45) is -1.63. The molecule has 31 heavy (non-hydrogen) atoms. The van der Waals surface area contributed by atoms with E-state index in [4.69, 9.17) is 4.74 Å². The van der Waals surface area contributed by atoms with Crippen LogP contribution in [0.5, 0.6) is 0 Å². The van der Waals surface area contributed by atoms with Crippen molar-refractivity contribution in [2.24, 2.45) is 0 Å². The molecule has 7 heteroatoms. The summed E-state index contributed by atoms with van der Waals surface area (Å²) in [6, 6.07) is 17.7. The summed E-state index contributed by atoms with van der Waals surface area (Å²) >= 11 is 3.58. The molecule has 1 saturated heterocycles. The van der Waals surface area contributed by atoms with Crippen LogP contribution in [0.15, 0.2) is 71.5 Å². The minimum atomic E-state index is -1.40. The highest BCUT2D eigenvalue weighted by molar-refractivity contribution is 9.10. The number of benzene rings is 2. The van der Waals surface area contributed by atoms with Gasteiger partial charge in [0, 0.05) is 16.9 Å². The van der Waals surface area contributed by atoms with E-state index in [9.17, 15) is 20.4 Å². The Kier molecular flexibility index (Phi) is 6.81. The van der Waals surface area contributed by atoms with E-state index < -0.39 is 37.1 Å². The van der Waals surface area contributed by atoms with Gasteiger partial charge in [-0.1, -0.05) is 58.4 Å². The van der Waals surface area contributed by atoms with Crippen molar-refractivity contribution in [3.05, 3.63) is 88.2 Å². The van der Waals surface area contributed by atoms with Gasteiger partial charge in [-0.25, -0.2) is 0 Å². The largest absolute Gasteiger partial charge is 0.394 e. The zero-order valence-corrected chi connectivity index (χ0v) is 18.3. The average Bonchev–Trinajstić information content (AvgIpc) is 2.80. The molecule has 1 aromatic heterocycles. The molecular formula is C24H24BrNO5. The van der Waals surface area contributed by atoms with Crippen molar-refractivity contribution >= 4 is 15.9 Å². The van der Waals surface area contributed by atoms with Crippen molar-refractivity contribution in [2.75, 3.05) is 6.61 Å². The van der Waals surface area contributed by atoms with E-state index in [1.54, 1.807) is 12.3 Å². The Hall–Kier alpha value is -2.13. The van der Waals surface area contributed by atoms with Crippen molar-refractivity contribution in [3.8, 4) is 11.1 Å². The van der Waals surface area contributed by atoms with Gasteiger partial charge < -0.3 is 25.2 Å². The highest BCUT2D eigenvalue weighted by Crippen LogP contribution is 2.34. The zero-order valence-electron chi connectivity index (χ0n) is 16.7. The summed E-state index contributed by atoms with van der Waals surface area (Å²) in [5.41, 5.74) is 4.91. The SMILES string of the molecule is OC[C@H]1O[C@@H](c2ccc(Br)c(Cc3ccc(-c4cccnc4)cc3)c2)[C@H](O)[C@@H](O)[C@@H]1O. The first-order valence-electron chi connectivity index (χ1n) is 10.1. The Morgan fingerprint density at radius 1 is 0.903 bits per heavy atom. The molecule has 1 fully saturated rings. The van der Waals surface area contributed by atoms with Gasteiger partial charge in [-0.05, 0) is 46.4 Å². The molecule has 1 aliphatic heterocycles. The van der Waals surface area contributed by atoms with E-state index in [2.05, 4.69) is 45.2 Å². The van der Waals surface area contributed by atoms with Gasteiger partial charge >= 0.3 is 0 Å². The third-order valence-corrected chi connectivity index (χ3v) is 6.41. The number of aliphatic hydroxyl groups excluding tert-OH is 4. The molecule has 0 saturated carbocycles. The minimum absolute atomic E-state index is 0.450. The van der Waals surface area contributed by atoms with Crippen LogP contribution in [0.1, 0.15) is 22.8 Å². The molecule has 0 radical (unpaired) electrons. The molecule has 3 aromatic rings. The fraction of sp³-hybridized carbons (Fsp3) is 0.292. The van der Waals surface area contributed by atoms with Crippen LogP contribution >= 0.6 is 15.9 Å². The van der Waals surface area contributed by atoms with Crippen LogP contribution in [0.3, 0.4) is 0 Å². The van der Waals surface area contributed by atoms with Gasteiger partial charge in [0.15, 0.2) is 0 Å². The van der Waals surface area contributed by atoms with E-state index in [1.807, 2.05) is 30.5 Å². The number of aromatic nitrogens is 1. The smallest absolute Gasteiger partial charge is 0.113 e. The van der Waals surface area contributed by atoms with Gasteiger partial charge in [0.05, 0.1) is 6.61 Å². The average molecular weight is 486 g/mol. The molecule has 0 bridgehead atoms. The van der Waals surface area contributed by atoms with Gasteiger partial charge in [-0.3, -0.25) is 4.98 Å². The van der Waals surface area contributed by atoms with Crippen LogP contribution in [0.25, 0.3) is 11.1 Å². The topological polar surface area (TPSA) is 103 Å². The fourth-order valence-corrected chi connectivity index (χ4v) is 4.24. The number of rotatable bonds is 5. The molecule has 1 aliphatic rings. The number of ether oxygens (including phenoxy) is 1. The van der Waals surface area contributed by atoms with Crippen LogP contribution in [0, 0.1) is 0 Å². The maximum Gasteiger partial charge on any atom is 0.113 e. The Morgan fingerprint density at radius 3 is 2.35 bits per heavy atom. The monoisotopic (exact) mass is 485 g/mol. The standard InChI is InChI=1S/C24H24BrNO5/c25-19-8-7-16(24-23(30)22(29)21(28)20(13-27)31-24)11-18(19)10-14-3-5-15(6-4-14)17-2-1-9-26-12-17/h1-9,11-12,20-24,27-30H,10,13H2/t20-,21-,22+,23-,24+/m1/s1. The molecule has 5 atom stereocenters. The third-order valence-electron chi connectivity index (χ3n) is 5.63. The summed E-state index contributed by atoms with van der Waals surface area (Å²) in [7, 11) is 0. The van der Waals surface area contributed by atoms with Gasteiger partial charge in [0.25, 0.3) is 0 Å². The van der Waals surface area contributed by atoms with E-state index in [0.717, 1.165) is 26.7 Å². The lowest BCUT2D eigenvalue weighted by Crippen LogP contribution is -2.55. The second-order valence-corrected chi connectivity index (χ2v) is 8.57. The first kappa shape index (κ1) is 22.1. The second kappa shape index (κ2) is 9.56. The van der Waals surface area contributed by atoms with Gasteiger partial charge in [0.1, 0.15) is 30.5 Å². The summed E-state index contributed by atoms with van der Waals surface area (Å²) in [6.45, 7) is -0.450. The van der Waals surface area contributed by atoms with E-state index in [-0.39, 0.29) is 0 Å². The van der Waals surface area contributed by atoms with Crippen molar-refractivity contribution in [1.82, 2.24) is 4.98 Å². The Morgan fingerprint density at radius 2 is 1.68 bits per heavy atom. The molecular weight excluding hydrogens is 462 g/mol. The van der Waals surface area contributed by atoms with Crippen molar-refractivity contribution in [2.45, 2.75) is 36.9 Å². The first-order chi connectivity index (χ1) is 15.0. The summed E-state index contributed by atoms with van der Waals surface area (Å²) in [5.74, 6) is 0. The maximum absolute atomic E-state index is 10.4. The highest BCUT2D eigenvalue weighted by atomic mass is 79.9. The van der Waals surface area contributed by atoms with Crippen molar-refractivity contribution < 1.29 is 25.2 Å². The summed E-state index contributed by atoms with van der Waals surface area (Å²) in [5, 5.41) is 40.0. The molecule has 0 spiro atoms. The molecule has 0 unspecified atom stereocenters. The number of aliphatic hydroxyl groups is 4. The quantitative estimate of drug-likeness (QED) is 0.442. The number of nitrogens with zero attached hydrogens (tertiary/aromatic N) is 1. The predicted octanol–water partition coefficient (Wildman–Crippen LogP) is 2.62. The lowest BCUT2D eigenvalue weighted by molar-refractivity contribution is -0.231. The normalized spacial score (nSPS) is 26.0. The first-order valence-corrected chi connectivity index (χ1v) is 10.9. The number of hydrogen-bond donors (Lipinski definition) is 4. The van der Waals surface area contributed by atoms with E-state index in [0.29, 0.717) is 12.0 Å².